The number of halogens is 2. The van der Waals surface area contributed by atoms with Gasteiger partial charge < -0.3 is 5.32 Å². The third kappa shape index (κ3) is 3.10. The number of anilines is 1. The molecule has 0 aliphatic carbocycles. The van der Waals surface area contributed by atoms with Crippen LogP contribution in [0.2, 0.25) is 0 Å². The van der Waals surface area contributed by atoms with Crippen molar-refractivity contribution < 1.29 is 4.79 Å². The molecule has 76 valence electrons. The van der Waals surface area contributed by atoms with Crippen LogP contribution in [-0.4, -0.2) is 10.7 Å². The first-order valence-corrected chi connectivity index (χ1v) is 6.05. The fraction of sp³-hybridized carbons (Fsp3) is 0.300. The van der Waals surface area contributed by atoms with Crippen molar-refractivity contribution >= 4 is 43.5 Å². The number of nitrogens with one attached hydrogen (secondary N) is 1. The zero-order valence-corrected chi connectivity index (χ0v) is 10.9. The number of carbonyl (C=O) groups excluding carboxylic acids is 1. The van der Waals surface area contributed by atoms with Crippen LogP contribution in [0, 0.1) is 0 Å². The van der Waals surface area contributed by atoms with Crippen molar-refractivity contribution in [3.05, 3.63) is 28.7 Å². The van der Waals surface area contributed by atoms with E-state index in [2.05, 4.69) is 37.2 Å². The van der Waals surface area contributed by atoms with Crippen molar-refractivity contribution in [2.45, 2.75) is 18.2 Å². The Labute approximate surface area is 100 Å². The van der Waals surface area contributed by atoms with Gasteiger partial charge in [-0.25, -0.2) is 0 Å². The smallest absolute Gasteiger partial charge is 0.238 e. The number of benzene rings is 1. The molecule has 14 heavy (non-hydrogen) atoms. The first-order valence-electron chi connectivity index (χ1n) is 4.34. The molecule has 0 bridgehead atoms. The highest BCUT2D eigenvalue weighted by Crippen LogP contribution is 2.22. The first kappa shape index (κ1) is 11.7. The maximum atomic E-state index is 11.5. The average molecular weight is 321 g/mol. The Morgan fingerprint density at radius 1 is 1.50 bits per heavy atom. The van der Waals surface area contributed by atoms with Crippen LogP contribution in [0.5, 0.6) is 0 Å². The number of hydrogen-bond acceptors (Lipinski definition) is 1. The third-order valence-electron chi connectivity index (χ3n) is 1.77. The van der Waals surface area contributed by atoms with Gasteiger partial charge in [-0.15, -0.1) is 0 Å². The van der Waals surface area contributed by atoms with E-state index in [0.717, 1.165) is 16.6 Å². The molecule has 0 aliphatic heterocycles. The van der Waals surface area contributed by atoms with Gasteiger partial charge in [0.05, 0.1) is 10.5 Å². The van der Waals surface area contributed by atoms with Crippen molar-refractivity contribution in [3.63, 3.8) is 0 Å². The normalized spacial score (nSPS) is 12.2. The first-order chi connectivity index (χ1) is 6.65. The molecule has 0 saturated carbocycles. The minimum Gasteiger partial charge on any atom is -0.324 e. The lowest BCUT2D eigenvalue weighted by Gasteiger charge is -2.09. The Kier molecular flexibility index (Phi) is 4.62. The van der Waals surface area contributed by atoms with E-state index in [-0.39, 0.29) is 10.7 Å². The lowest BCUT2D eigenvalue weighted by Crippen LogP contribution is -2.22. The lowest BCUT2D eigenvalue weighted by atomic mass is 10.3. The van der Waals surface area contributed by atoms with Gasteiger partial charge in [-0.1, -0.05) is 35.0 Å². The predicted molar refractivity (Wildman–Crippen MR) is 65.8 cm³/mol. The summed E-state index contributed by atoms with van der Waals surface area (Å²) in [6.07, 6.45) is 0.774. The standard InChI is InChI=1S/C10H11Br2NO/c1-2-7(11)10(14)13-9-6-4-3-5-8(9)12/h3-7H,2H2,1H3,(H,13,14)/t7-/m0/s1. The second-order valence-electron chi connectivity index (χ2n) is 2.84. The maximum absolute atomic E-state index is 11.5. The van der Waals surface area contributed by atoms with Gasteiger partial charge in [-0.2, -0.15) is 0 Å². The van der Waals surface area contributed by atoms with Crippen molar-refractivity contribution in [2.75, 3.05) is 5.32 Å². The van der Waals surface area contributed by atoms with E-state index >= 15 is 0 Å². The number of para-hydroxylation sites is 1. The molecular weight excluding hydrogens is 310 g/mol. The predicted octanol–water partition coefficient (Wildman–Crippen LogP) is 3.56. The Bertz CT molecular complexity index is 328. The van der Waals surface area contributed by atoms with E-state index in [1.165, 1.54) is 0 Å². The Balaban J connectivity index is 2.70. The molecule has 0 heterocycles. The number of alkyl halides is 1. The molecule has 0 unspecified atom stereocenters. The van der Waals surface area contributed by atoms with E-state index in [4.69, 9.17) is 0 Å². The highest BCUT2D eigenvalue weighted by Gasteiger charge is 2.12. The molecule has 1 atom stereocenters. The molecule has 2 nitrogen and oxygen atoms in total. The van der Waals surface area contributed by atoms with Gasteiger partial charge in [-0.3, -0.25) is 4.79 Å². The van der Waals surface area contributed by atoms with Crippen LogP contribution in [0.1, 0.15) is 13.3 Å². The van der Waals surface area contributed by atoms with Gasteiger partial charge >= 0.3 is 0 Å². The fourth-order valence-electron chi connectivity index (χ4n) is 0.959. The SMILES string of the molecule is CC[C@H](Br)C(=O)Nc1ccccc1Br. The van der Waals surface area contributed by atoms with Crippen molar-refractivity contribution in [3.8, 4) is 0 Å². The molecule has 0 saturated heterocycles. The van der Waals surface area contributed by atoms with Gasteiger partial charge in [0, 0.05) is 4.47 Å². The summed E-state index contributed by atoms with van der Waals surface area (Å²) >= 11 is 6.66. The lowest BCUT2D eigenvalue weighted by molar-refractivity contribution is -0.115. The summed E-state index contributed by atoms with van der Waals surface area (Å²) in [5.41, 5.74) is 0.801. The van der Waals surface area contributed by atoms with Gasteiger partial charge in [0.2, 0.25) is 5.91 Å². The summed E-state index contributed by atoms with van der Waals surface area (Å²) in [4.78, 5) is 11.4. The van der Waals surface area contributed by atoms with Crippen LogP contribution in [0.15, 0.2) is 28.7 Å². The Hall–Kier alpha value is -0.350. The Morgan fingerprint density at radius 3 is 2.71 bits per heavy atom. The molecule has 0 radical (unpaired) electrons. The summed E-state index contributed by atoms with van der Waals surface area (Å²) in [5.74, 6) is -0.0144. The molecule has 0 fully saturated rings. The zero-order valence-electron chi connectivity index (χ0n) is 7.76. The minimum absolute atomic E-state index is 0.0144. The van der Waals surface area contributed by atoms with Crippen molar-refractivity contribution in [2.24, 2.45) is 0 Å². The fourth-order valence-corrected chi connectivity index (χ4v) is 1.46. The summed E-state index contributed by atoms with van der Waals surface area (Å²) in [5, 5.41) is 2.83. The van der Waals surface area contributed by atoms with Crippen LogP contribution < -0.4 is 5.32 Å². The van der Waals surface area contributed by atoms with Gasteiger partial charge in [0.1, 0.15) is 0 Å². The van der Waals surface area contributed by atoms with Crippen molar-refractivity contribution in [1.29, 1.82) is 0 Å². The molecule has 0 aromatic heterocycles. The molecule has 0 aliphatic rings. The molecule has 1 amide bonds. The summed E-state index contributed by atoms with van der Waals surface area (Å²) in [6.45, 7) is 1.96. The van der Waals surface area contributed by atoms with E-state index in [1.807, 2.05) is 31.2 Å². The monoisotopic (exact) mass is 319 g/mol. The maximum Gasteiger partial charge on any atom is 0.238 e. The van der Waals surface area contributed by atoms with Crippen LogP contribution >= 0.6 is 31.9 Å². The van der Waals surface area contributed by atoms with E-state index < -0.39 is 0 Å². The number of amides is 1. The van der Waals surface area contributed by atoms with E-state index in [0.29, 0.717) is 0 Å². The highest BCUT2D eigenvalue weighted by atomic mass is 79.9. The van der Waals surface area contributed by atoms with Crippen molar-refractivity contribution in [1.82, 2.24) is 0 Å². The largest absolute Gasteiger partial charge is 0.324 e. The van der Waals surface area contributed by atoms with Gasteiger partial charge in [-0.05, 0) is 34.5 Å². The quantitative estimate of drug-likeness (QED) is 0.848. The van der Waals surface area contributed by atoms with Crippen LogP contribution in [0.3, 0.4) is 0 Å². The third-order valence-corrected chi connectivity index (χ3v) is 3.53. The molecule has 1 aromatic carbocycles. The highest BCUT2D eigenvalue weighted by molar-refractivity contribution is 9.10. The second kappa shape index (κ2) is 5.51. The van der Waals surface area contributed by atoms with E-state index in [9.17, 15) is 4.79 Å². The summed E-state index contributed by atoms with van der Waals surface area (Å²) in [7, 11) is 0. The minimum atomic E-state index is -0.130. The molecule has 0 spiro atoms. The topological polar surface area (TPSA) is 29.1 Å². The van der Waals surface area contributed by atoms with Gasteiger partial charge in [0.15, 0.2) is 0 Å². The number of carbonyl (C=O) groups is 1. The van der Waals surface area contributed by atoms with E-state index in [1.54, 1.807) is 0 Å². The number of hydrogen-bond donors (Lipinski definition) is 1. The van der Waals surface area contributed by atoms with Crippen LogP contribution in [0.25, 0.3) is 0 Å². The second-order valence-corrected chi connectivity index (χ2v) is 4.80. The molecular formula is C10H11Br2NO. The Morgan fingerprint density at radius 2 is 2.14 bits per heavy atom. The molecule has 1 N–H and O–H groups in total. The summed E-state index contributed by atoms with van der Waals surface area (Å²) in [6, 6.07) is 7.54. The van der Waals surface area contributed by atoms with Crippen LogP contribution in [0.4, 0.5) is 5.69 Å². The zero-order chi connectivity index (χ0) is 10.6. The van der Waals surface area contributed by atoms with Crippen LogP contribution in [-0.2, 0) is 4.79 Å². The summed E-state index contributed by atoms with van der Waals surface area (Å²) < 4.78 is 0.893. The average Bonchev–Trinajstić information content (AvgIpc) is 2.20. The molecule has 1 aromatic rings. The molecule has 4 heteroatoms. The molecule has 1 rings (SSSR count). The number of rotatable bonds is 3. The van der Waals surface area contributed by atoms with Gasteiger partial charge in [0.25, 0.3) is 0 Å².